The van der Waals surface area contributed by atoms with E-state index in [9.17, 15) is 4.79 Å². The molecule has 0 bridgehead atoms. The molecule has 3 heteroatoms. The van der Waals surface area contributed by atoms with E-state index in [2.05, 4.69) is 0 Å². The van der Waals surface area contributed by atoms with E-state index in [1.165, 1.54) is 0 Å². The molecule has 1 aromatic carbocycles. The molecule has 0 saturated carbocycles. The number of Topliss-reactive ketones (excluding diaryl/α,β-unsaturated/α-hetero) is 1. The van der Waals surface area contributed by atoms with Crippen LogP contribution in [-0.4, -0.2) is 32.2 Å². The van der Waals surface area contributed by atoms with E-state index in [4.69, 9.17) is 9.47 Å². The molecule has 94 valence electrons. The number of ether oxygens (including phenoxy) is 2. The quantitative estimate of drug-likeness (QED) is 0.514. The van der Waals surface area contributed by atoms with Crippen molar-refractivity contribution in [3.63, 3.8) is 0 Å². The average Bonchev–Trinajstić information content (AvgIpc) is 2.39. The van der Waals surface area contributed by atoms with E-state index < -0.39 is 0 Å². The van der Waals surface area contributed by atoms with E-state index in [0.29, 0.717) is 25.2 Å². The lowest BCUT2D eigenvalue weighted by Crippen LogP contribution is -2.24. The van der Waals surface area contributed by atoms with Gasteiger partial charge in [-0.25, -0.2) is 0 Å². The number of carbonyl (C=O) groups is 1. The van der Waals surface area contributed by atoms with Gasteiger partial charge in [-0.05, 0) is 12.8 Å². The van der Waals surface area contributed by atoms with Crippen molar-refractivity contribution in [1.29, 1.82) is 0 Å². The lowest BCUT2D eigenvalue weighted by Gasteiger charge is -2.14. The van der Waals surface area contributed by atoms with Gasteiger partial charge in [0.2, 0.25) is 0 Å². The molecule has 1 atom stereocenters. The second-order valence-corrected chi connectivity index (χ2v) is 3.84. The zero-order chi connectivity index (χ0) is 12.5. The largest absolute Gasteiger partial charge is 0.385 e. The Balaban J connectivity index is 2.47. The number of rotatable bonds is 8. The molecule has 0 saturated heterocycles. The van der Waals surface area contributed by atoms with Gasteiger partial charge in [0, 0.05) is 25.9 Å². The third-order valence-corrected chi connectivity index (χ3v) is 2.53. The zero-order valence-electron chi connectivity index (χ0n) is 10.5. The molecule has 0 radical (unpaired) electrons. The second kappa shape index (κ2) is 7.98. The SMILES string of the molecule is CCC(OCCCOC)C(=O)c1ccccc1. The fraction of sp³-hybridized carbons (Fsp3) is 0.500. The second-order valence-electron chi connectivity index (χ2n) is 3.84. The Morgan fingerprint density at radius 2 is 1.94 bits per heavy atom. The summed E-state index contributed by atoms with van der Waals surface area (Å²) in [5.74, 6) is 0.0607. The summed E-state index contributed by atoms with van der Waals surface area (Å²) in [6, 6.07) is 9.28. The molecule has 0 aliphatic heterocycles. The summed E-state index contributed by atoms with van der Waals surface area (Å²) < 4.78 is 10.5. The molecule has 1 unspecified atom stereocenters. The van der Waals surface area contributed by atoms with Crippen molar-refractivity contribution in [3.05, 3.63) is 35.9 Å². The lowest BCUT2D eigenvalue weighted by molar-refractivity contribution is 0.0324. The predicted octanol–water partition coefficient (Wildman–Crippen LogP) is 2.70. The van der Waals surface area contributed by atoms with E-state index in [1.807, 2.05) is 37.3 Å². The third kappa shape index (κ3) is 4.67. The highest BCUT2D eigenvalue weighted by Crippen LogP contribution is 2.09. The van der Waals surface area contributed by atoms with Crippen LogP contribution in [0.3, 0.4) is 0 Å². The molecule has 0 amide bonds. The Labute approximate surface area is 103 Å². The molecule has 17 heavy (non-hydrogen) atoms. The molecule has 0 heterocycles. The van der Waals surface area contributed by atoms with Gasteiger partial charge in [-0.3, -0.25) is 4.79 Å². The van der Waals surface area contributed by atoms with Crippen LogP contribution in [0, 0.1) is 0 Å². The van der Waals surface area contributed by atoms with Crippen LogP contribution < -0.4 is 0 Å². The monoisotopic (exact) mass is 236 g/mol. The van der Waals surface area contributed by atoms with E-state index in [1.54, 1.807) is 7.11 Å². The van der Waals surface area contributed by atoms with Crippen LogP contribution in [0.25, 0.3) is 0 Å². The molecule has 0 aliphatic carbocycles. The summed E-state index contributed by atoms with van der Waals surface area (Å²) in [4.78, 5) is 12.1. The standard InChI is InChI=1S/C14H20O3/c1-3-13(17-11-7-10-16-2)14(15)12-8-5-4-6-9-12/h4-6,8-9,13H,3,7,10-11H2,1-2H3. The Morgan fingerprint density at radius 3 is 2.53 bits per heavy atom. The van der Waals surface area contributed by atoms with Crippen LogP contribution in [0.15, 0.2) is 30.3 Å². The highest BCUT2D eigenvalue weighted by molar-refractivity contribution is 5.99. The first-order valence-corrected chi connectivity index (χ1v) is 5.99. The van der Waals surface area contributed by atoms with Crippen LogP contribution in [-0.2, 0) is 9.47 Å². The lowest BCUT2D eigenvalue weighted by atomic mass is 10.0. The van der Waals surface area contributed by atoms with E-state index in [0.717, 1.165) is 6.42 Å². The van der Waals surface area contributed by atoms with Gasteiger partial charge >= 0.3 is 0 Å². The third-order valence-electron chi connectivity index (χ3n) is 2.53. The van der Waals surface area contributed by atoms with Crippen molar-refractivity contribution in [2.24, 2.45) is 0 Å². The number of benzene rings is 1. The van der Waals surface area contributed by atoms with Gasteiger partial charge < -0.3 is 9.47 Å². The first-order valence-electron chi connectivity index (χ1n) is 5.99. The van der Waals surface area contributed by atoms with Crippen molar-refractivity contribution in [3.8, 4) is 0 Å². The number of methoxy groups -OCH3 is 1. The summed E-state index contributed by atoms with van der Waals surface area (Å²) >= 11 is 0. The van der Waals surface area contributed by atoms with E-state index >= 15 is 0 Å². The van der Waals surface area contributed by atoms with E-state index in [-0.39, 0.29) is 11.9 Å². The molecule has 1 rings (SSSR count). The number of hydrogen-bond acceptors (Lipinski definition) is 3. The van der Waals surface area contributed by atoms with Crippen LogP contribution in [0.5, 0.6) is 0 Å². The smallest absolute Gasteiger partial charge is 0.191 e. The molecule has 0 aliphatic rings. The topological polar surface area (TPSA) is 35.5 Å². The summed E-state index contributed by atoms with van der Waals surface area (Å²) in [5, 5.41) is 0. The summed E-state index contributed by atoms with van der Waals surface area (Å²) in [6.07, 6.45) is 1.17. The Bertz CT molecular complexity index is 321. The van der Waals surface area contributed by atoms with Gasteiger partial charge in [-0.1, -0.05) is 37.3 Å². The van der Waals surface area contributed by atoms with Gasteiger partial charge in [0.1, 0.15) is 6.10 Å². The van der Waals surface area contributed by atoms with Crippen LogP contribution in [0.2, 0.25) is 0 Å². The molecule has 0 spiro atoms. The maximum Gasteiger partial charge on any atom is 0.191 e. The molecule has 0 fully saturated rings. The number of ketones is 1. The Hall–Kier alpha value is -1.19. The molecule has 0 aromatic heterocycles. The molecule has 3 nitrogen and oxygen atoms in total. The van der Waals surface area contributed by atoms with Crippen LogP contribution >= 0.6 is 0 Å². The van der Waals surface area contributed by atoms with Gasteiger partial charge in [0.05, 0.1) is 0 Å². The number of hydrogen-bond donors (Lipinski definition) is 0. The molecule has 1 aromatic rings. The minimum atomic E-state index is -0.339. The van der Waals surface area contributed by atoms with Gasteiger partial charge in [0.25, 0.3) is 0 Å². The maximum absolute atomic E-state index is 12.1. The highest BCUT2D eigenvalue weighted by atomic mass is 16.5. The highest BCUT2D eigenvalue weighted by Gasteiger charge is 2.18. The molecular formula is C14H20O3. The van der Waals surface area contributed by atoms with Crippen LogP contribution in [0.1, 0.15) is 30.1 Å². The van der Waals surface area contributed by atoms with Crippen molar-refractivity contribution >= 4 is 5.78 Å². The van der Waals surface area contributed by atoms with Gasteiger partial charge in [-0.15, -0.1) is 0 Å². The van der Waals surface area contributed by atoms with Crippen molar-refractivity contribution in [1.82, 2.24) is 0 Å². The summed E-state index contributed by atoms with van der Waals surface area (Å²) in [7, 11) is 1.66. The van der Waals surface area contributed by atoms with Crippen molar-refractivity contribution < 1.29 is 14.3 Å². The van der Waals surface area contributed by atoms with Gasteiger partial charge in [0.15, 0.2) is 5.78 Å². The predicted molar refractivity (Wildman–Crippen MR) is 67.3 cm³/mol. The number of carbonyl (C=O) groups excluding carboxylic acids is 1. The average molecular weight is 236 g/mol. The first-order chi connectivity index (χ1) is 8.29. The summed E-state index contributed by atoms with van der Waals surface area (Å²) in [5.41, 5.74) is 0.714. The van der Waals surface area contributed by atoms with Crippen molar-refractivity contribution in [2.75, 3.05) is 20.3 Å². The van der Waals surface area contributed by atoms with Crippen LogP contribution in [0.4, 0.5) is 0 Å². The summed E-state index contributed by atoms with van der Waals surface area (Å²) in [6.45, 7) is 3.18. The van der Waals surface area contributed by atoms with Gasteiger partial charge in [-0.2, -0.15) is 0 Å². The van der Waals surface area contributed by atoms with Crippen molar-refractivity contribution in [2.45, 2.75) is 25.9 Å². The zero-order valence-corrected chi connectivity index (χ0v) is 10.5. The Kier molecular flexibility index (Phi) is 6.51. The fourth-order valence-corrected chi connectivity index (χ4v) is 1.60. The Morgan fingerprint density at radius 1 is 1.24 bits per heavy atom. The maximum atomic E-state index is 12.1. The molecule has 0 N–H and O–H groups in total. The first kappa shape index (κ1) is 13.9. The normalized spacial score (nSPS) is 12.4. The fourth-order valence-electron chi connectivity index (χ4n) is 1.60. The minimum Gasteiger partial charge on any atom is -0.385 e. The minimum absolute atomic E-state index is 0.0607. The molecular weight excluding hydrogens is 216 g/mol.